The number of ether oxygens (including phenoxy) is 1. The van der Waals surface area contributed by atoms with E-state index in [0.29, 0.717) is 28.7 Å². The van der Waals surface area contributed by atoms with Gasteiger partial charge in [-0.1, -0.05) is 0 Å². The molecule has 0 aliphatic carbocycles. The summed E-state index contributed by atoms with van der Waals surface area (Å²) in [5, 5.41) is 0. The third kappa shape index (κ3) is 1.64. The number of hydrogen-bond acceptors (Lipinski definition) is 5. The van der Waals surface area contributed by atoms with Gasteiger partial charge in [-0.05, 0) is 12.1 Å². The van der Waals surface area contributed by atoms with Crippen molar-refractivity contribution in [2.24, 2.45) is 0 Å². The topological polar surface area (TPSA) is 69.6 Å². The molecule has 0 N–H and O–H groups in total. The van der Waals surface area contributed by atoms with Gasteiger partial charge in [0.15, 0.2) is 6.29 Å². The maximum Gasteiger partial charge on any atom is 0.305 e. The fraction of sp³-hybridized carbons (Fsp3) is 0.0833. The van der Waals surface area contributed by atoms with Crippen molar-refractivity contribution in [2.45, 2.75) is 0 Å². The van der Waals surface area contributed by atoms with Gasteiger partial charge in [-0.25, -0.2) is 9.97 Å². The summed E-state index contributed by atoms with van der Waals surface area (Å²) in [5.41, 5.74) is 1.88. The lowest BCUT2D eigenvalue weighted by atomic mass is 10.3. The SMILES string of the molecule is COc1cnc(-c2cn3cc(C=O)ccc3n2)o1. The highest BCUT2D eigenvalue weighted by atomic mass is 16.6. The highest BCUT2D eigenvalue weighted by Gasteiger charge is 2.11. The minimum Gasteiger partial charge on any atom is -0.467 e. The molecule has 6 nitrogen and oxygen atoms in total. The predicted molar refractivity (Wildman–Crippen MR) is 62.6 cm³/mol. The average molecular weight is 243 g/mol. The van der Waals surface area contributed by atoms with E-state index in [9.17, 15) is 4.79 Å². The summed E-state index contributed by atoms with van der Waals surface area (Å²) >= 11 is 0. The van der Waals surface area contributed by atoms with Crippen molar-refractivity contribution in [3.63, 3.8) is 0 Å². The number of imidazole rings is 1. The van der Waals surface area contributed by atoms with Gasteiger partial charge in [0.1, 0.15) is 17.5 Å². The molecule has 0 spiro atoms. The van der Waals surface area contributed by atoms with Gasteiger partial charge < -0.3 is 13.6 Å². The summed E-state index contributed by atoms with van der Waals surface area (Å²) in [5.74, 6) is 0.707. The van der Waals surface area contributed by atoms with E-state index in [1.165, 1.54) is 13.3 Å². The van der Waals surface area contributed by atoms with Gasteiger partial charge in [0.25, 0.3) is 5.89 Å². The van der Waals surface area contributed by atoms with Gasteiger partial charge in [-0.3, -0.25) is 4.79 Å². The smallest absolute Gasteiger partial charge is 0.305 e. The number of aldehydes is 1. The molecule has 0 unspecified atom stereocenters. The van der Waals surface area contributed by atoms with E-state index in [1.807, 2.05) is 0 Å². The van der Waals surface area contributed by atoms with Crippen molar-refractivity contribution in [3.05, 3.63) is 36.3 Å². The molecule has 3 aromatic heterocycles. The zero-order valence-electron chi connectivity index (χ0n) is 9.53. The van der Waals surface area contributed by atoms with Crippen LogP contribution in [0, 0.1) is 0 Å². The van der Waals surface area contributed by atoms with Crippen LogP contribution in [0.25, 0.3) is 17.2 Å². The van der Waals surface area contributed by atoms with Crippen LogP contribution in [-0.4, -0.2) is 27.8 Å². The van der Waals surface area contributed by atoms with Crippen LogP contribution in [0.4, 0.5) is 0 Å². The van der Waals surface area contributed by atoms with E-state index < -0.39 is 0 Å². The highest BCUT2D eigenvalue weighted by Crippen LogP contribution is 2.22. The van der Waals surface area contributed by atoms with Crippen molar-refractivity contribution in [1.82, 2.24) is 14.4 Å². The van der Waals surface area contributed by atoms with Crippen LogP contribution < -0.4 is 4.74 Å². The lowest BCUT2D eigenvalue weighted by Gasteiger charge is -1.92. The van der Waals surface area contributed by atoms with Crippen LogP contribution in [0.1, 0.15) is 10.4 Å². The second-order valence-corrected chi connectivity index (χ2v) is 3.66. The second-order valence-electron chi connectivity index (χ2n) is 3.66. The molecule has 6 heteroatoms. The number of oxazole rings is 1. The van der Waals surface area contributed by atoms with Gasteiger partial charge in [0.2, 0.25) is 0 Å². The molecule has 0 saturated carbocycles. The van der Waals surface area contributed by atoms with Gasteiger partial charge in [0, 0.05) is 18.0 Å². The van der Waals surface area contributed by atoms with E-state index in [2.05, 4.69) is 9.97 Å². The average Bonchev–Trinajstić information content (AvgIpc) is 3.03. The molecule has 0 aliphatic heterocycles. The van der Waals surface area contributed by atoms with Gasteiger partial charge in [-0.2, -0.15) is 0 Å². The Morgan fingerprint density at radius 2 is 2.28 bits per heavy atom. The van der Waals surface area contributed by atoms with Crippen molar-refractivity contribution < 1.29 is 13.9 Å². The molecule has 0 aliphatic rings. The Morgan fingerprint density at radius 1 is 1.39 bits per heavy atom. The number of nitrogens with zero attached hydrogens (tertiary/aromatic N) is 3. The largest absolute Gasteiger partial charge is 0.467 e. The number of methoxy groups -OCH3 is 1. The number of pyridine rings is 1. The van der Waals surface area contributed by atoms with Gasteiger partial charge >= 0.3 is 5.95 Å². The molecule has 0 atom stereocenters. The molecule has 3 heterocycles. The highest BCUT2D eigenvalue weighted by molar-refractivity contribution is 5.75. The monoisotopic (exact) mass is 243 g/mol. The zero-order valence-corrected chi connectivity index (χ0v) is 9.53. The molecule has 0 bridgehead atoms. The number of carbonyl (C=O) groups is 1. The van der Waals surface area contributed by atoms with Crippen molar-refractivity contribution in [2.75, 3.05) is 7.11 Å². The molecule has 0 fully saturated rings. The van der Waals surface area contributed by atoms with E-state index in [1.54, 1.807) is 28.9 Å². The van der Waals surface area contributed by atoms with Crippen molar-refractivity contribution in [3.8, 4) is 17.5 Å². The maximum absolute atomic E-state index is 10.7. The Labute approximate surface area is 102 Å². The Morgan fingerprint density at radius 3 is 3.00 bits per heavy atom. The van der Waals surface area contributed by atoms with Crippen LogP contribution in [0.15, 0.2) is 35.1 Å². The Hall–Kier alpha value is -2.63. The molecule has 0 radical (unpaired) electrons. The summed E-state index contributed by atoms with van der Waals surface area (Å²) < 4.78 is 12.0. The number of hydrogen-bond donors (Lipinski definition) is 0. The van der Waals surface area contributed by atoms with E-state index >= 15 is 0 Å². The first-order chi connectivity index (χ1) is 8.80. The zero-order chi connectivity index (χ0) is 12.5. The molecule has 0 saturated heterocycles. The summed E-state index contributed by atoms with van der Waals surface area (Å²) in [6.07, 6.45) is 5.70. The van der Waals surface area contributed by atoms with E-state index in [0.717, 1.165) is 6.29 Å². The van der Waals surface area contributed by atoms with Crippen LogP contribution in [0.5, 0.6) is 5.95 Å². The molecule has 3 aromatic rings. The third-order valence-corrected chi connectivity index (χ3v) is 2.51. The van der Waals surface area contributed by atoms with Crippen LogP contribution in [-0.2, 0) is 0 Å². The standard InChI is InChI=1S/C12H9N3O3/c1-17-11-4-13-12(18-11)9-6-15-5-8(7-16)2-3-10(15)14-9/h2-7H,1H3. The Bertz CT molecular complexity index is 714. The van der Waals surface area contributed by atoms with Crippen LogP contribution >= 0.6 is 0 Å². The second kappa shape index (κ2) is 3.99. The van der Waals surface area contributed by atoms with Crippen molar-refractivity contribution in [1.29, 1.82) is 0 Å². The number of aromatic nitrogens is 3. The maximum atomic E-state index is 10.7. The molecular weight excluding hydrogens is 234 g/mol. The Kier molecular flexibility index (Phi) is 2.33. The number of carbonyl (C=O) groups excluding carboxylic acids is 1. The summed E-state index contributed by atoms with van der Waals surface area (Å²) in [6.45, 7) is 0. The fourth-order valence-corrected chi connectivity index (χ4v) is 1.65. The van der Waals surface area contributed by atoms with Crippen LogP contribution in [0.3, 0.4) is 0 Å². The molecule has 90 valence electrons. The lowest BCUT2D eigenvalue weighted by Crippen LogP contribution is -1.86. The molecule has 3 rings (SSSR count). The predicted octanol–water partition coefficient (Wildman–Crippen LogP) is 1.81. The molecular formula is C12H9N3O3. The first-order valence-electron chi connectivity index (χ1n) is 5.24. The quantitative estimate of drug-likeness (QED) is 0.656. The number of fused-ring (bicyclic) bond motifs is 1. The van der Waals surface area contributed by atoms with Crippen LogP contribution in [0.2, 0.25) is 0 Å². The fourth-order valence-electron chi connectivity index (χ4n) is 1.65. The normalized spacial score (nSPS) is 10.7. The Balaban J connectivity index is 2.09. The van der Waals surface area contributed by atoms with Crippen molar-refractivity contribution >= 4 is 11.9 Å². The lowest BCUT2D eigenvalue weighted by molar-refractivity contribution is 0.112. The number of rotatable bonds is 3. The van der Waals surface area contributed by atoms with Gasteiger partial charge in [-0.15, -0.1) is 0 Å². The molecule has 0 aromatic carbocycles. The minimum atomic E-state index is 0.329. The summed E-state index contributed by atoms with van der Waals surface area (Å²) in [7, 11) is 1.50. The third-order valence-electron chi connectivity index (χ3n) is 2.51. The van der Waals surface area contributed by atoms with E-state index in [4.69, 9.17) is 9.15 Å². The first kappa shape index (κ1) is 10.5. The van der Waals surface area contributed by atoms with Gasteiger partial charge in [0.05, 0.1) is 7.11 Å². The first-order valence-corrected chi connectivity index (χ1v) is 5.24. The van der Waals surface area contributed by atoms with E-state index in [-0.39, 0.29) is 0 Å². The summed E-state index contributed by atoms with van der Waals surface area (Å²) in [6, 6.07) is 3.46. The summed E-state index contributed by atoms with van der Waals surface area (Å²) in [4.78, 5) is 19.1. The molecule has 18 heavy (non-hydrogen) atoms. The molecule has 0 amide bonds. The minimum absolute atomic E-state index is 0.329.